The minimum absolute atomic E-state index is 0.0896. The monoisotopic (exact) mass is 351 g/mol. The Morgan fingerprint density at radius 3 is 2.83 bits per heavy atom. The Morgan fingerprint density at radius 1 is 1.25 bits per heavy atom. The van der Waals surface area contributed by atoms with Gasteiger partial charge in [-0.05, 0) is 43.0 Å². The molecule has 24 heavy (non-hydrogen) atoms. The Hall–Kier alpha value is -0.460. The first kappa shape index (κ1) is 17.0. The van der Waals surface area contributed by atoms with E-state index in [1.54, 1.807) is 0 Å². The average molecular weight is 352 g/mol. The van der Waals surface area contributed by atoms with E-state index < -0.39 is 0 Å². The number of hydrogen-bond acceptors (Lipinski definition) is 5. The van der Waals surface area contributed by atoms with Crippen LogP contribution in [0.15, 0.2) is 17.5 Å². The molecule has 0 saturated carbocycles. The van der Waals surface area contributed by atoms with Crippen LogP contribution in [-0.2, 0) is 20.8 Å². The van der Waals surface area contributed by atoms with Gasteiger partial charge in [-0.2, -0.15) is 0 Å². The lowest BCUT2D eigenvalue weighted by atomic mass is 9.88. The van der Waals surface area contributed by atoms with Gasteiger partial charge >= 0.3 is 0 Å². The number of likely N-dealkylation sites (tertiary alicyclic amines) is 1. The van der Waals surface area contributed by atoms with Gasteiger partial charge in [0.25, 0.3) is 0 Å². The zero-order valence-corrected chi connectivity index (χ0v) is 15.3. The molecule has 3 aliphatic heterocycles. The minimum atomic E-state index is 0.0896. The second kappa shape index (κ2) is 7.83. The topological polar surface area (TPSA) is 30.9 Å². The highest BCUT2D eigenvalue weighted by Gasteiger charge is 2.43. The summed E-state index contributed by atoms with van der Waals surface area (Å²) in [6, 6.07) is 4.38. The van der Waals surface area contributed by atoms with Crippen molar-refractivity contribution in [2.24, 2.45) is 5.92 Å². The third kappa shape index (κ3) is 4.20. The lowest BCUT2D eigenvalue weighted by molar-refractivity contribution is -0.0478. The lowest BCUT2D eigenvalue weighted by Crippen LogP contribution is -2.43. The first-order chi connectivity index (χ1) is 11.8. The Kier molecular flexibility index (Phi) is 5.54. The normalized spacial score (nSPS) is 28.6. The van der Waals surface area contributed by atoms with Crippen molar-refractivity contribution < 1.29 is 14.2 Å². The number of nitrogens with zero attached hydrogens (tertiary/aromatic N) is 1. The summed E-state index contributed by atoms with van der Waals surface area (Å²) in [6.07, 6.45) is 5.98. The van der Waals surface area contributed by atoms with E-state index in [0.29, 0.717) is 12.0 Å². The molecule has 1 atom stereocenters. The molecule has 0 bridgehead atoms. The fraction of sp³-hybridized carbons (Fsp3) is 0.789. The van der Waals surface area contributed by atoms with E-state index in [4.69, 9.17) is 14.2 Å². The molecule has 4 rings (SSSR count). The van der Waals surface area contributed by atoms with Crippen LogP contribution in [0.3, 0.4) is 0 Å². The predicted molar refractivity (Wildman–Crippen MR) is 95.4 cm³/mol. The van der Waals surface area contributed by atoms with Gasteiger partial charge in [0, 0.05) is 44.1 Å². The molecule has 4 heterocycles. The molecule has 3 saturated heterocycles. The van der Waals surface area contributed by atoms with Gasteiger partial charge in [0.1, 0.15) is 0 Å². The van der Waals surface area contributed by atoms with Gasteiger partial charge in [-0.1, -0.05) is 6.07 Å². The highest BCUT2D eigenvalue weighted by atomic mass is 32.1. The molecule has 1 aromatic heterocycles. The molecular formula is C19H29NO3S. The van der Waals surface area contributed by atoms with Crippen LogP contribution in [0.2, 0.25) is 0 Å². The second-order valence-corrected chi connectivity index (χ2v) is 8.60. The molecule has 1 aromatic rings. The number of rotatable bonds is 5. The van der Waals surface area contributed by atoms with Crippen molar-refractivity contribution in [3.8, 4) is 0 Å². The van der Waals surface area contributed by atoms with E-state index in [9.17, 15) is 0 Å². The van der Waals surface area contributed by atoms with Crippen molar-refractivity contribution >= 4 is 11.3 Å². The van der Waals surface area contributed by atoms with Crippen LogP contribution in [0.25, 0.3) is 0 Å². The maximum Gasteiger partial charge on any atom is 0.0836 e. The van der Waals surface area contributed by atoms with E-state index in [1.807, 2.05) is 11.3 Å². The second-order valence-electron chi connectivity index (χ2n) is 7.56. The molecule has 1 spiro atoms. The lowest BCUT2D eigenvalue weighted by Gasteiger charge is -2.38. The maximum atomic E-state index is 6.24. The van der Waals surface area contributed by atoms with Gasteiger partial charge in [-0.15, -0.1) is 11.3 Å². The zero-order chi connectivity index (χ0) is 16.2. The number of hydrogen-bond donors (Lipinski definition) is 0. The molecular weight excluding hydrogens is 322 g/mol. The van der Waals surface area contributed by atoms with Crippen LogP contribution in [0.4, 0.5) is 0 Å². The standard InChI is InChI=1S/C19H29NO3S/c1-2-18(24-11-1)13-20-7-5-19(6-8-20)12-17(15-23-19)22-14-16-3-9-21-10-4-16/h1-2,11,16-17H,3-10,12-15H2/t17-/m0/s1. The summed E-state index contributed by atoms with van der Waals surface area (Å²) in [5.41, 5.74) is 0.0896. The molecule has 0 N–H and O–H groups in total. The molecule has 0 aromatic carbocycles. The SMILES string of the molecule is c1csc(CN2CCC3(CC2)C[C@H](OCC2CCOCC2)CO3)c1. The van der Waals surface area contributed by atoms with Crippen molar-refractivity contribution in [3.63, 3.8) is 0 Å². The van der Waals surface area contributed by atoms with Crippen molar-refractivity contribution in [2.45, 2.75) is 50.4 Å². The molecule has 0 amide bonds. The summed E-state index contributed by atoms with van der Waals surface area (Å²) < 4.78 is 17.9. The molecule has 0 unspecified atom stereocenters. The van der Waals surface area contributed by atoms with Crippen LogP contribution in [0.5, 0.6) is 0 Å². The first-order valence-corrected chi connectivity index (χ1v) is 10.3. The fourth-order valence-electron chi connectivity index (χ4n) is 4.18. The first-order valence-electron chi connectivity index (χ1n) is 9.39. The van der Waals surface area contributed by atoms with E-state index in [0.717, 1.165) is 78.2 Å². The Labute approximate surface area is 149 Å². The molecule has 3 fully saturated rings. The Bertz CT molecular complexity index is 493. The number of piperidine rings is 1. The summed E-state index contributed by atoms with van der Waals surface area (Å²) in [6.45, 7) is 6.86. The van der Waals surface area contributed by atoms with Crippen LogP contribution in [0.1, 0.15) is 37.0 Å². The van der Waals surface area contributed by atoms with Crippen LogP contribution in [-0.4, -0.2) is 56.1 Å². The molecule has 0 aliphatic carbocycles. The average Bonchev–Trinajstić information content (AvgIpc) is 3.27. The molecule has 4 nitrogen and oxygen atoms in total. The number of thiophene rings is 1. The molecule has 0 radical (unpaired) electrons. The van der Waals surface area contributed by atoms with Gasteiger partial charge in [-0.25, -0.2) is 0 Å². The molecule has 134 valence electrons. The van der Waals surface area contributed by atoms with Gasteiger partial charge in [0.2, 0.25) is 0 Å². The minimum Gasteiger partial charge on any atom is -0.381 e. The Balaban J connectivity index is 1.20. The highest BCUT2D eigenvalue weighted by Crippen LogP contribution is 2.37. The van der Waals surface area contributed by atoms with E-state index in [2.05, 4.69) is 22.4 Å². The van der Waals surface area contributed by atoms with Crippen LogP contribution in [0, 0.1) is 5.92 Å². The summed E-state index contributed by atoms with van der Waals surface area (Å²) in [5, 5.41) is 2.17. The van der Waals surface area contributed by atoms with Gasteiger partial charge in [0.15, 0.2) is 0 Å². The third-order valence-electron chi connectivity index (χ3n) is 5.81. The molecule has 3 aliphatic rings. The van der Waals surface area contributed by atoms with Crippen molar-refractivity contribution in [1.82, 2.24) is 4.90 Å². The predicted octanol–water partition coefficient (Wildman–Crippen LogP) is 3.31. The van der Waals surface area contributed by atoms with Crippen LogP contribution < -0.4 is 0 Å². The van der Waals surface area contributed by atoms with E-state index in [1.165, 1.54) is 4.88 Å². The van der Waals surface area contributed by atoms with Gasteiger partial charge in [0.05, 0.1) is 24.9 Å². The zero-order valence-electron chi connectivity index (χ0n) is 14.5. The van der Waals surface area contributed by atoms with Gasteiger partial charge < -0.3 is 14.2 Å². The van der Waals surface area contributed by atoms with Gasteiger partial charge in [-0.3, -0.25) is 4.90 Å². The largest absolute Gasteiger partial charge is 0.381 e. The summed E-state index contributed by atoms with van der Waals surface area (Å²) in [5.74, 6) is 0.683. The summed E-state index contributed by atoms with van der Waals surface area (Å²) >= 11 is 1.86. The smallest absolute Gasteiger partial charge is 0.0836 e. The van der Waals surface area contributed by atoms with Crippen molar-refractivity contribution in [2.75, 3.05) is 39.5 Å². The quantitative estimate of drug-likeness (QED) is 0.814. The van der Waals surface area contributed by atoms with Crippen molar-refractivity contribution in [3.05, 3.63) is 22.4 Å². The van der Waals surface area contributed by atoms with Crippen LogP contribution >= 0.6 is 11.3 Å². The maximum absolute atomic E-state index is 6.24. The number of ether oxygens (including phenoxy) is 3. The summed E-state index contributed by atoms with van der Waals surface area (Å²) in [4.78, 5) is 4.03. The third-order valence-corrected chi connectivity index (χ3v) is 6.67. The fourth-order valence-corrected chi connectivity index (χ4v) is 4.93. The van der Waals surface area contributed by atoms with E-state index >= 15 is 0 Å². The van der Waals surface area contributed by atoms with Crippen molar-refractivity contribution in [1.29, 1.82) is 0 Å². The van der Waals surface area contributed by atoms with E-state index in [-0.39, 0.29) is 5.60 Å². The molecule has 5 heteroatoms. The summed E-state index contributed by atoms with van der Waals surface area (Å²) in [7, 11) is 0. The Morgan fingerprint density at radius 2 is 2.08 bits per heavy atom. The highest BCUT2D eigenvalue weighted by molar-refractivity contribution is 7.09.